The Bertz CT molecular complexity index is 416. The molecule has 0 aliphatic carbocycles. The zero-order valence-corrected chi connectivity index (χ0v) is 11.4. The zero-order chi connectivity index (χ0) is 13.0. The number of thioether (sulfide) groups is 1. The Kier molecular flexibility index (Phi) is 4.06. The van der Waals surface area contributed by atoms with Crippen LogP contribution in [0.3, 0.4) is 0 Å². The summed E-state index contributed by atoms with van der Waals surface area (Å²) in [6, 6.07) is 0. The van der Waals surface area contributed by atoms with Crippen molar-refractivity contribution in [2.75, 3.05) is 24.7 Å². The van der Waals surface area contributed by atoms with E-state index in [9.17, 15) is 4.79 Å². The smallest absolute Gasteiger partial charge is 0.358 e. The number of hydrogen-bond acceptors (Lipinski definition) is 6. The molecule has 5 nitrogen and oxygen atoms in total. The summed E-state index contributed by atoms with van der Waals surface area (Å²) in [5, 5.41) is 3.26. The Morgan fingerprint density at radius 3 is 2.94 bits per heavy atom. The molecule has 1 unspecified atom stereocenters. The summed E-state index contributed by atoms with van der Waals surface area (Å²) in [6.07, 6.45) is 5.49. The summed E-state index contributed by atoms with van der Waals surface area (Å²) in [5.74, 6) is 1.45. The van der Waals surface area contributed by atoms with Crippen LogP contribution < -0.4 is 5.32 Å². The van der Waals surface area contributed by atoms with Crippen LogP contribution in [0.15, 0.2) is 12.4 Å². The van der Waals surface area contributed by atoms with Crippen molar-refractivity contribution < 1.29 is 9.53 Å². The van der Waals surface area contributed by atoms with E-state index in [-0.39, 0.29) is 10.4 Å². The highest BCUT2D eigenvalue weighted by Crippen LogP contribution is 2.37. The average Bonchev–Trinajstić information content (AvgIpc) is 2.83. The van der Waals surface area contributed by atoms with Crippen molar-refractivity contribution in [3.05, 3.63) is 18.1 Å². The molecule has 1 fully saturated rings. The number of nitrogens with zero attached hydrogens (tertiary/aromatic N) is 2. The first kappa shape index (κ1) is 13.1. The van der Waals surface area contributed by atoms with Gasteiger partial charge in [-0.25, -0.2) is 14.8 Å². The number of rotatable bonds is 4. The lowest BCUT2D eigenvalue weighted by atomic mass is 10.1. The van der Waals surface area contributed by atoms with Crippen molar-refractivity contribution in [2.24, 2.45) is 0 Å². The summed E-state index contributed by atoms with van der Waals surface area (Å²) in [6.45, 7) is 3.12. The predicted molar refractivity (Wildman–Crippen MR) is 72.0 cm³/mol. The lowest BCUT2D eigenvalue weighted by Crippen LogP contribution is -2.27. The normalized spacial score (nSPS) is 22.8. The lowest BCUT2D eigenvalue weighted by molar-refractivity contribution is 0.0593. The standard InChI is InChI=1S/C12H17N3O2S/c1-12(4-3-5-18-12)8-15-10-7-13-9(6-14-10)11(16)17-2/h6-7H,3-5,8H2,1-2H3,(H,14,15). The van der Waals surface area contributed by atoms with Gasteiger partial charge in [-0.05, 0) is 25.5 Å². The first-order valence-corrected chi connectivity index (χ1v) is 6.90. The van der Waals surface area contributed by atoms with Gasteiger partial charge in [-0.3, -0.25) is 0 Å². The second kappa shape index (κ2) is 5.56. The van der Waals surface area contributed by atoms with Crippen molar-refractivity contribution in [3.8, 4) is 0 Å². The van der Waals surface area contributed by atoms with E-state index in [0.717, 1.165) is 6.54 Å². The van der Waals surface area contributed by atoms with Crippen molar-refractivity contribution in [1.82, 2.24) is 9.97 Å². The molecule has 1 aromatic rings. The van der Waals surface area contributed by atoms with Gasteiger partial charge in [-0.2, -0.15) is 11.8 Å². The molecule has 6 heteroatoms. The summed E-state index contributed by atoms with van der Waals surface area (Å²) in [7, 11) is 1.33. The number of nitrogens with one attached hydrogen (secondary N) is 1. The number of hydrogen-bond donors (Lipinski definition) is 1. The largest absolute Gasteiger partial charge is 0.464 e. The van der Waals surface area contributed by atoms with E-state index < -0.39 is 5.97 Å². The van der Waals surface area contributed by atoms with Crippen LogP contribution in [-0.2, 0) is 4.74 Å². The summed E-state index contributed by atoms with van der Waals surface area (Å²) in [5.41, 5.74) is 0.226. The molecule has 2 rings (SSSR count). The molecule has 0 bridgehead atoms. The molecule has 98 valence electrons. The molecule has 0 saturated carbocycles. The number of carbonyl (C=O) groups excluding carboxylic acids is 1. The Labute approximate surface area is 111 Å². The molecule has 0 aromatic carbocycles. The van der Waals surface area contributed by atoms with E-state index in [0.29, 0.717) is 5.82 Å². The van der Waals surface area contributed by atoms with Crippen LogP contribution in [0.25, 0.3) is 0 Å². The molecular formula is C12H17N3O2S. The number of aromatic nitrogens is 2. The van der Waals surface area contributed by atoms with Gasteiger partial charge in [0.25, 0.3) is 0 Å². The molecule has 1 aromatic heterocycles. The van der Waals surface area contributed by atoms with E-state index in [1.165, 1.54) is 31.9 Å². The Balaban J connectivity index is 1.92. The summed E-state index contributed by atoms with van der Waals surface area (Å²) in [4.78, 5) is 19.4. The fourth-order valence-corrected chi connectivity index (χ4v) is 3.13. The van der Waals surface area contributed by atoms with E-state index in [1.807, 2.05) is 11.8 Å². The minimum Gasteiger partial charge on any atom is -0.464 e. The van der Waals surface area contributed by atoms with E-state index in [2.05, 4.69) is 26.9 Å². The third-order valence-electron chi connectivity index (χ3n) is 2.99. The van der Waals surface area contributed by atoms with Gasteiger partial charge in [0.1, 0.15) is 5.82 Å². The second-order valence-electron chi connectivity index (χ2n) is 4.53. The van der Waals surface area contributed by atoms with Crippen molar-refractivity contribution in [1.29, 1.82) is 0 Å². The van der Waals surface area contributed by atoms with Gasteiger partial charge < -0.3 is 10.1 Å². The van der Waals surface area contributed by atoms with Crippen molar-refractivity contribution >= 4 is 23.5 Å². The van der Waals surface area contributed by atoms with Crippen LogP contribution in [0.5, 0.6) is 0 Å². The molecule has 18 heavy (non-hydrogen) atoms. The third-order valence-corrected chi connectivity index (χ3v) is 4.53. The number of esters is 1. The van der Waals surface area contributed by atoms with Gasteiger partial charge in [0.15, 0.2) is 5.69 Å². The topological polar surface area (TPSA) is 64.1 Å². The monoisotopic (exact) mass is 267 g/mol. The minimum absolute atomic E-state index is 0.226. The molecule has 0 spiro atoms. The molecule has 1 N–H and O–H groups in total. The SMILES string of the molecule is COC(=O)c1cnc(NCC2(C)CCCS2)cn1. The number of carbonyl (C=O) groups is 1. The van der Waals surface area contributed by atoms with Crippen LogP contribution in [0.4, 0.5) is 5.82 Å². The third kappa shape index (κ3) is 3.13. The molecule has 0 amide bonds. The minimum atomic E-state index is -0.465. The van der Waals surface area contributed by atoms with Gasteiger partial charge >= 0.3 is 5.97 Å². The number of methoxy groups -OCH3 is 1. The van der Waals surface area contributed by atoms with Crippen molar-refractivity contribution in [2.45, 2.75) is 24.5 Å². The maximum Gasteiger partial charge on any atom is 0.358 e. The highest BCUT2D eigenvalue weighted by Gasteiger charge is 2.29. The van der Waals surface area contributed by atoms with E-state index >= 15 is 0 Å². The first-order chi connectivity index (χ1) is 8.63. The maximum atomic E-state index is 11.2. The van der Waals surface area contributed by atoms with Crippen LogP contribution in [0.1, 0.15) is 30.3 Å². The molecule has 1 atom stereocenters. The van der Waals surface area contributed by atoms with Crippen LogP contribution >= 0.6 is 11.8 Å². The Hall–Kier alpha value is -1.30. The lowest BCUT2D eigenvalue weighted by Gasteiger charge is -2.22. The van der Waals surface area contributed by atoms with Gasteiger partial charge in [0, 0.05) is 11.3 Å². The first-order valence-electron chi connectivity index (χ1n) is 5.91. The molecule has 1 aliphatic heterocycles. The highest BCUT2D eigenvalue weighted by molar-refractivity contribution is 8.00. The van der Waals surface area contributed by atoms with Crippen LogP contribution in [0, 0.1) is 0 Å². The van der Waals surface area contributed by atoms with E-state index in [4.69, 9.17) is 0 Å². The fourth-order valence-electron chi connectivity index (χ4n) is 1.88. The van der Waals surface area contributed by atoms with E-state index in [1.54, 1.807) is 6.20 Å². The Morgan fingerprint density at radius 1 is 1.56 bits per heavy atom. The zero-order valence-electron chi connectivity index (χ0n) is 10.6. The second-order valence-corrected chi connectivity index (χ2v) is 6.22. The van der Waals surface area contributed by atoms with Crippen LogP contribution in [0.2, 0.25) is 0 Å². The molecule has 2 heterocycles. The van der Waals surface area contributed by atoms with Crippen molar-refractivity contribution in [3.63, 3.8) is 0 Å². The van der Waals surface area contributed by atoms with Crippen LogP contribution in [-0.4, -0.2) is 40.1 Å². The summed E-state index contributed by atoms with van der Waals surface area (Å²) < 4.78 is 4.85. The number of ether oxygens (including phenoxy) is 1. The fraction of sp³-hybridized carbons (Fsp3) is 0.583. The maximum absolute atomic E-state index is 11.2. The van der Waals surface area contributed by atoms with Gasteiger partial charge in [0.05, 0.1) is 19.5 Å². The van der Waals surface area contributed by atoms with Gasteiger partial charge in [-0.1, -0.05) is 0 Å². The Morgan fingerprint density at radius 2 is 2.39 bits per heavy atom. The van der Waals surface area contributed by atoms with Gasteiger partial charge in [-0.15, -0.1) is 0 Å². The number of anilines is 1. The summed E-state index contributed by atoms with van der Waals surface area (Å²) >= 11 is 1.99. The molecule has 0 radical (unpaired) electrons. The van der Waals surface area contributed by atoms with Gasteiger partial charge in [0.2, 0.25) is 0 Å². The highest BCUT2D eigenvalue weighted by atomic mass is 32.2. The predicted octanol–water partition coefficient (Wildman–Crippen LogP) is 1.96. The quantitative estimate of drug-likeness (QED) is 0.841. The molecule has 1 aliphatic rings. The molecule has 1 saturated heterocycles. The molecular weight excluding hydrogens is 250 g/mol. The average molecular weight is 267 g/mol.